The Labute approximate surface area is 103 Å². The summed E-state index contributed by atoms with van der Waals surface area (Å²) >= 11 is 0. The molecular weight excluding hydrogens is 214 g/mol. The minimum absolute atomic E-state index is 0.146. The van der Waals surface area contributed by atoms with Crippen LogP contribution in [0.15, 0.2) is 18.2 Å². The largest absolute Gasteiger partial charge is 0.491 e. The lowest BCUT2D eigenvalue weighted by molar-refractivity contribution is -0.0163. The molecule has 0 fully saturated rings. The number of nitrogens with zero attached hydrogens (tertiary/aromatic N) is 1. The Morgan fingerprint density at radius 2 is 1.94 bits per heavy atom. The van der Waals surface area contributed by atoms with E-state index in [9.17, 15) is 0 Å². The van der Waals surface area contributed by atoms with E-state index in [-0.39, 0.29) is 5.60 Å². The minimum atomic E-state index is -0.146. The minimum Gasteiger partial charge on any atom is -0.491 e. The maximum absolute atomic E-state index is 8.80. The van der Waals surface area contributed by atoms with Crippen molar-refractivity contribution in [2.45, 2.75) is 33.3 Å². The van der Waals surface area contributed by atoms with Crippen molar-refractivity contribution in [2.24, 2.45) is 0 Å². The number of aryl methyl sites for hydroxylation is 1. The molecule has 0 spiro atoms. The van der Waals surface area contributed by atoms with E-state index >= 15 is 0 Å². The first kappa shape index (κ1) is 13.5. The Balaban J connectivity index is 2.49. The van der Waals surface area contributed by atoms with Gasteiger partial charge in [0.05, 0.1) is 23.8 Å². The van der Waals surface area contributed by atoms with E-state index < -0.39 is 0 Å². The molecule has 0 saturated heterocycles. The van der Waals surface area contributed by atoms with Crippen molar-refractivity contribution >= 4 is 0 Å². The second-order valence-corrected chi connectivity index (χ2v) is 4.90. The number of benzene rings is 1. The fourth-order valence-electron chi connectivity index (χ4n) is 1.32. The Morgan fingerprint density at radius 3 is 2.53 bits per heavy atom. The number of hydrogen-bond acceptors (Lipinski definition) is 3. The maximum atomic E-state index is 8.80. The lowest BCUT2D eigenvalue weighted by Gasteiger charge is -2.19. The molecule has 0 aliphatic rings. The number of hydrogen-bond donors (Lipinski definition) is 0. The van der Waals surface area contributed by atoms with Crippen molar-refractivity contribution in [3.05, 3.63) is 29.3 Å². The molecule has 3 heteroatoms. The Hall–Kier alpha value is -1.53. The second-order valence-electron chi connectivity index (χ2n) is 4.90. The summed E-state index contributed by atoms with van der Waals surface area (Å²) in [5.41, 5.74) is 1.49. The fourth-order valence-corrected chi connectivity index (χ4v) is 1.32. The van der Waals surface area contributed by atoms with Crippen LogP contribution in [0.4, 0.5) is 0 Å². The van der Waals surface area contributed by atoms with Gasteiger partial charge in [0.25, 0.3) is 0 Å². The van der Waals surface area contributed by atoms with Crippen LogP contribution in [0.1, 0.15) is 31.9 Å². The molecule has 1 rings (SSSR count). The van der Waals surface area contributed by atoms with E-state index in [1.807, 2.05) is 33.8 Å². The molecule has 1 aromatic rings. The Morgan fingerprint density at radius 1 is 1.24 bits per heavy atom. The van der Waals surface area contributed by atoms with Gasteiger partial charge in [-0.3, -0.25) is 0 Å². The molecule has 0 unspecified atom stereocenters. The molecule has 0 radical (unpaired) electrons. The number of rotatable bonds is 4. The van der Waals surface area contributed by atoms with Gasteiger partial charge in [0.15, 0.2) is 0 Å². The van der Waals surface area contributed by atoms with Crippen molar-refractivity contribution in [1.82, 2.24) is 0 Å². The highest BCUT2D eigenvalue weighted by Crippen LogP contribution is 2.19. The number of ether oxygens (including phenoxy) is 2. The van der Waals surface area contributed by atoms with E-state index in [0.717, 1.165) is 11.3 Å². The van der Waals surface area contributed by atoms with E-state index in [4.69, 9.17) is 14.7 Å². The molecule has 0 aliphatic heterocycles. The molecule has 0 aromatic heterocycles. The highest BCUT2D eigenvalue weighted by molar-refractivity contribution is 5.41. The molecule has 17 heavy (non-hydrogen) atoms. The predicted molar refractivity (Wildman–Crippen MR) is 67.1 cm³/mol. The van der Waals surface area contributed by atoms with Gasteiger partial charge in [-0.05, 0) is 45.4 Å². The van der Waals surface area contributed by atoms with Gasteiger partial charge in [-0.15, -0.1) is 0 Å². The third-order valence-electron chi connectivity index (χ3n) is 2.19. The molecule has 1 aromatic carbocycles. The lowest BCUT2D eigenvalue weighted by Crippen LogP contribution is -2.22. The van der Waals surface area contributed by atoms with Crippen molar-refractivity contribution in [1.29, 1.82) is 5.26 Å². The number of nitriles is 1. The zero-order valence-electron chi connectivity index (χ0n) is 10.9. The van der Waals surface area contributed by atoms with Gasteiger partial charge < -0.3 is 9.47 Å². The topological polar surface area (TPSA) is 42.2 Å². The first-order valence-corrected chi connectivity index (χ1v) is 5.70. The highest BCUT2D eigenvalue weighted by atomic mass is 16.5. The van der Waals surface area contributed by atoms with Gasteiger partial charge in [-0.25, -0.2) is 0 Å². The zero-order chi connectivity index (χ0) is 12.9. The summed E-state index contributed by atoms with van der Waals surface area (Å²) in [4.78, 5) is 0. The summed E-state index contributed by atoms with van der Waals surface area (Å²) in [6, 6.07) is 7.53. The summed E-state index contributed by atoms with van der Waals surface area (Å²) in [6.45, 7) is 9.02. The van der Waals surface area contributed by atoms with E-state index in [0.29, 0.717) is 18.8 Å². The van der Waals surface area contributed by atoms with E-state index in [2.05, 4.69) is 6.07 Å². The third kappa shape index (κ3) is 4.88. The first-order chi connectivity index (χ1) is 7.92. The molecule has 0 saturated carbocycles. The van der Waals surface area contributed by atoms with Crippen LogP contribution in [-0.2, 0) is 4.74 Å². The van der Waals surface area contributed by atoms with Crippen LogP contribution in [0.2, 0.25) is 0 Å². The summed E-state index contributed by atoms with van der Waals surface area (Å²) < 4.78 is 11.2. The molecule has 0 amide bonds. The van der Waals surface area contributed by atoms with Crippen LogP contribution in [0, 0.1) is 18.3 Å². The second kappa shape index (κ2) is 5.70. The molecule has 0 N–H and O–H groups in total. The Kier molecular flexibility index (Phi) is 4.53. The van der Waals surface area contributed by atoms with Crippen LogP contribution in [0.25, 0.3) is 0 Å². The highest BCUT2D eigenvalue weighted by Gasteiger charge is 2.09. The third-order valence-corrected chi connectivity index (χ3v) is 2.19. The average molecular weight is 233 g/mol. The maximum Gasteiger partial charge on any atom is 0.123 e. The molecule has 0 aliphatic carbocycles. The van der Waals surface area contributed by atoms with Crippen LogP contribution < -0.4 is 4.74 Å². The van der Waals surface area contributed by atoms with Crippen molar-refractivity contribution in [3.8, 4) is 11.8 Å². The summed E-state index contributed by atoms with van der Waals surface area (Å²) in [6.07, 6.45) is 0. The molecule has 3 nitrogen and oxygen atoms in total. The normalized spacial score (nSPS) is 11.0. The van der Waals surface area contributed by atoms with Gasteiger partial charge in [0.2, 0.25) is 0 Å². The molecule has 0 bridgehead atoms. The fraction of sp³-hybridized carbons (Fsp3) is 0.500. The quantitative estimate of drug-likeness (QED) is 0.750. The van der Waals surface area contributed by atoms with Crippen molar-refractivity contribution in [2.75, 3.05) is 13.2 Å². The summed E-state index contributed by atoms with van der Waals surface area (Å²) in [7, 11) is 0. The van der Waals surface area contributed by atoms with Crippen molar-refractivity contribution in [3.63, 3.8) is 0 Å². The van der Waals surface area contributed by atoms with Gasteiger partial charge >= 0.3 is 0 Å². The molecule has 0 atom stereocenters. The smallest absolute Gasteiger partial charge is 0.123 e. The molecule has 92 valence electrons. The SMILES string of the molecule is Cc1ccc(C#N)cc1OCCOC(C)(C)C. The summed E-state index contributed by atoms with van der Waals surface area (Å²) in [5, 5.41) is 8.80. The van der Waals surface area contributed by atoms with Gasteiger partial charge in [0.1, 0.15) is 12.4 Å². The van der Waals surface area contributed by atoms with Gasteiger partial charge in [-0.1, -0.05) is 6.07 Å². The van der Waals surface area contributed by atoms with Gasteiger partial charge in [-0.2, -0.15) is 5.26 Å². The van der Waals surface area contributed by atoms with E-state index in [1.54, 1.807) is 12.1 Å². The lowest BCUT2D eigenvalue weighted by atomic mass is 10.1. The van der Waals surface area contributed by atoms with Crippen LogP contribution in [0.5, 0.6) is 5.75 Å². The zero-order valence-corrected chi connectivity index (χ0v) is 10.9. The van der Waals surface area contributed by atoms with Crippen LogP contribution in [0.3, 0.4) is 0 Å². The standard InChI is InChI=1S/C14H19NO2/c1-11-5-6-12(10-15)9-13(11)16-7-8-17-14(2,3)4/h5-6,9H,7-8H2,1-4H3. The molecule has 0 heterocycles. The first-order valence-electron chi connectivity index (χ1n) is 5.70. The van der Waals surface area contributed by atoms with E-state index in [1.165, 1.54) is 0 Å². The van der Waals surface area contributed by atoms with Crippen molar-refractivity contribution < 1.29 is 9.47 Å². The van der Waals surface area contributed by atoms with Crippen LogP contribution in [-0.4, -0.2) is 18.8 Å². The predicted octanol–water partition coefficient (Wildman–Crippen LogP) is 3.06. The molecular formula is C14H19NO2. The monoisotopic (exact) mass is 233 g/mol. The van der Waals surface area contributed by atoms with Gasteiger partial charge in [0, 0.05) is 0 Å². The summed E-state index contributed by atoms with van der Waals surface area (Å²) in [5.74, 6) is 0.751. The Bertz CT molecular complexity index is 413. The average Bonchev–Trinajstić information content (AvgIpc) is 2.25. The van der Waals surface area contributed by atoms with Crippen LogP contribution >= 0.6 is 0 Å².